The quantitative estimate of drug-likeness (QED) is 0.271. The molecule has 5 aromatic rings. The standard InChI is InChI=1S/C30H25F2N3O/c31-26-13-23(14-27(32)17-26)18-35-19-28(34-30(35)33)15-21-9-11-24(12-10-21)25-7-4-8-29(16-25)36-20-22-5-2-1-3-6-22/h1-14,16-17,19H,15,18,20H2,(H2,33,34). The Morgan fingerprint density at radius 1 is 0.722 bits per heavy atom. The van der Waals surface area contributed by atoms with E-state index in [1.807, 2.05) is 54.7 Å². The van der Waals surface area contributed by atoms with Crippen molar-refractivity contribution in [3.8, 4) is 16.9 Å². The van der Waals surface area contributed by atoms with Crippen molar-refractivity contribution in [2.24, 2.45) is 0 Å². The highest BCUT2D eigenvalue weighted by atomic mass is 19.1. The van der Waals surface area contributed by atoms with E-state index in [9.17, 15) is 8.78 Å². The van der Waals surface area contributed by atoms with E-state index in [1.54, 1.807) is 4.57 Å². The minimum atomic E-state index is -0.614. The Balaban J connectivity index is 1.24. The number of anilines is 1. The summed E-state index contributed by atoms with van der Waals surface area (Å²) in [7, 11) is 0. The van der Waals surface area contributed by atoms with Gasteiger partial charge in [0.1, 0.15) is 24.0 Å². The van der Waals surface area contributed by atoms with Crippen molar-refractivity contribution in [3.63, 3.8) is 0 Å². The minimum absolute atomic E-state index is 0.245. The topological polar surface area (TPSA) is 53.1 Å². The normalized spacial score (nSPS) is 10.9. The molecule has 5 rings (SSSR count). The zero-order valence-corrected chi connectivity index (χ0v) is 19.6. The molecule has 0 aliphatic heterocycles. The van der Waals surface area contributed by atoms with E-state index in [0.29, 0.717) is 24.5 Å². The SMILES string of the molecule is Nc1nc(Cc2ccc(-c3cccc(OCc4ccccc4)c3)cc2)cn1Cc1cc(F)cc(F)c1. The molecule has 1 aromatic heterocycles. The lowest BCUT2D eigenvalue weighted by Gasteiger charge is -2.09. The summed E-state index contributed by atoms with van der Waals surface area (Å²) in [6, 6.07) is 29.8. The second kappa shape index (κ2) is 10.4. The number of imidazole rings is 1. The second-order valence-electron chi connectivity index (χ2n) is 8.67. The van der Waals surface area contributed by atoms with E-state index in [-0.39, 0.29) is 6.54 Å². The molecule has 0 saturated heterocycles. The molecule has 0 amide bonds. The summed E-state index contributed by atoms with van der Waals surface area (Å²) < 4.78 is 34.7. The maximum absolute atomic E-state index is 13.5. The van der Waals surface area contributed by atoms with E-state index in [2.05, 4.69) is 35.3 Å². The summed E-state index contributed by atoms with van der Waals surface area (Å²) in [5.41, 5.74) is 11.7. The molecule has 0 bridgehead atoms. The molecular formula is C30H25F2N3O. The van der Waals surface area contributed by atoms with Gasteiger partial charge in [0.15, 0.2) is 0 Å². The predicted octanol–water partition coefficient (Wildman–Crippen LogP) is 6.63. The first-order chi connectivity index (χ1) is 17.5. The summed E-state index contributed by atoms with van der Waals surface area (Å²) >= 11 is 0. The van der Waals surface area contributed by atoms with Crippen LogP contribution in [-0.2, 0) is 19.6 Å². The average Bonchev–Trinajstić information content (AvgIpc) is 3.21. The third kappa shape index (κ3) is 5.78. The lowest BCUT2D eigenvalue weighted by molar-refractivity contribution is 0.306. The van der Waals surface area contributed by atoms with Crippen LogP contribution < -0.4 is 10.5 Å². The molecule has 0 aliphatic carbocycles. The van der Waals surface area contributed by atoms with E-state index in [4.69, 9.17) is 10.5 Å². The fourth-order valence-electron chi connectivity index (χ4n) is 4.13. The molecule has 2 N–H and O–H groups in total. The average molecular weight is 482 g/mol. The molecule has 0 aliphatic rings. The zero-order chi connectivity index (χ0) is 24.9. The Morgan fingerprint density at radius 2 is 1.47 bits per heavy atom. The van der Waals surface area contributed by atoms with Crippen molar-refractivity contribution in [3.05, 3.63) is 137 Å². The number of halogens is 2. The van der Waals surface area contributed by atoms with Gasteiger partial charge in [-0.2, -0.15) is 0 Å². The molecule has 0 spiro atoms. The number of ether oxygens (including phenoxy) is 1. The van der Waals surface area contributed by atoms with Gasteiger partial charge in [0.2, 0.25) is 5.95 Å². The van der Waals surface area contributed by atoms with Crippen molar-refractivity contribution < 1.29 is 13.5 Å². The number of hydrogen-bond donors (Lipinski definition) is 1. The highest BCUT2D eigenvalue weighted by Crippen LogP contribution is 2.25. The molecule has 4 aromatic carbocycles. The molecule has 4 nitrogen and oxygen atoms in total. The third-order valence-electron chi connectivity index (χ3n) is 5.89. The molecule has 36 heavy (non-hydrogen) atoms. The van der Waals surface area contributed by atoms with Crippen LogP contribution in [0.1, 0.15) is 22.4 Å². The summed E-state index contributed by atoms with van der Waals surface area (Å²) in [6.07, 6.45) is 2.41. The van der Waals surface area contributed by atoms with Crippen molar-refractivity contribution in [1.82, 2.24) is 9.55 Å². The first kappa shape index (κ1) is 23.3. The number of rotatable bonds is 8. The van der Waals surface area contributed by atoms with Gasteiger partial charge in [-0.25, -0.2) is 13.8 Å². The van der Waals surface area contributed by atoms with Gasteiger partial charge in [0, 0.05) is 18.7 Å². The minimum Gasteiger partial charge on any atom is -0.489 e. The molecule has 1 heterocycles. The van der Waals surface area contributed by atoms with Crippen LogP contribution in [0, 0.1) is 11.6 Å². The van der Waals surface area contributed by atoms with Gasteiger partial charge in [-0.15, -0.1) is 0 Å². The monoisotopic (exact) mass is 481 g/mol. The molecule has 0 atom stereocenters. The van der Waals surface area contributed by atoms with Crippen LogP contribution in [0.4, 0.5) is 14.7 Å². The molecule has 0 saturated carbocycles. The van der Waals surface area contributed by atoms with Gasteiger partial charge >= 0.3 is 0 Å². The smallest absolute Gasteiger partial charge is 0.200 e. The zero-order valence-electron chi connectivity index (χ0n) is 19.6. The summed E-state index contributed by atoms with van der Waals surface area (Å²) in [5.74, 6) is -0.104. The van der Waals surface area contributed by atoms with Gasteiger partial charge < -0.3 is 15.0 Å². The lowest BCUT2D eigenvalue weighted by atomic mass is 10.0. The highest BCUT2D eigenvalue weighted by molar-refractivity contribution is 5.65. The van der Waals surface area contributed by atoms with Gasteiger partial charge in [0.05, 0.1) is 12.2 Å². The first-order valence-electron chi connectivity index (χ1n) is 11.6. The van der Waals surface area contributed by atoms with E-state index in [1.165, 1.54) is 12.1 Å². The van der Waals surface area contributed by atoms with E-state index >= 15 is 0 Å². The van der Waals surface area contributed by atoms with Crippen LogP contribution >= 0.6 is 0 Å². The van der Waals surface area contributed by atoms with E-state index < -0.39 is 11.6 Å². The Kier molecular flexibility index (Phi) is 6.76. The van der Waals surface area contributed by atoms with Crippen LogP contribution in [0.15, 0.2) is 103 Å². The number of nitrogen functional groups attached to an aromatic ring is 1. The fraction of sp³-hybridized carbons (Fsp3) is 0.100. The first-order valence-corrected chi connectivity index (χ1v) is 11.6. The predicted molar refractivity (Wildman–Crippen MR) is 138 cm³/mol. The molecule has 0 unspecified atom stereocenters. The second-order valence-corrected chi connectivity index (χ2v) is 8.67. The van der Waals surface area contributed by atoms with Gasteiger partial charge in [-0.05, 0) is 52.1 Å². The van der Waals surface area contributed by atoms with Crippen LogP contribution in [0.3, 0.4) is 0 Å². The fourth-order valence-corrected chi connectivity index (χ4v) is 4.13. The molecule has 6 heteroatoms. The maximum atomic E-state index is 13.5. The lowest BCUT2D eigenvalue weighted by Crippen LogP contribution is -2.04. The molecule has 0 radical (unpaired) electrons. The number of nitrogens with zero attached hydrogens (tertiary/aromatic N) is 2. The largest absolute Gasteiger partial charge is 0.489 e. The van der Waals surface area contributed by atoms with Gasteiger partial charge in [0.25, 0.3) is 0 Å². The molecule has 0 fully saturated rings. The number of aromatic nitrogens is 2. The van der Waals surface area contributed by atoms with E-state index in [0.717, 1.165) is 39.8 Å². The summed E-state index contributed by atoms with van der Waals surface area (Å²) in [6.45, 7) is 0.766. The highest BCUT2D eigenvalue weighted by Gasteiger charge is 2.09. The third-order valence-corrected chi connectivity index (χ3v) is 5.89. The summed E-state index contributed by atoms with van der Waals surface area (Å²) in [4.78, 5) is 4.42. The van der Waals surface area contributed by atoms with Gasteiger partial charge in [-0.3, -0.25) is 0 Å². The van der Waals surface area contributed by atoms with Crippen LogP contribution in [0.5, 0.6) is 5.75 Å². The molecule has 180 valence electrons. The maximum Gasteiger partial charge on any atom is 0.200 e. The molecular weight excluding hydrogens is 456 g/mol. The Labute approximate surface area is 208 Å². The van der Waals surface area contributed by atoms with Crippen LogP contribution in [0.25, 0.3) is 11.1 Å². The van der Waals surface area contributed by atoms with Crippen LogP contribution in [-0.4, -0.2) is 9.55 Å². The number of nitrogens with two attached hydrogens (primary N) is 1. The number of benzene rings is 4. The number of hydrogen-bond acceptors (Lipinski definition) is 3. The van der Waals surface area contributed by atoms with Gasteiger partial charge in [-0.1, -0.05) is 66.7 Å². The Hall–Kier alpha value is -4.45. The Morgan fingerprint density at radius 3 is 2.22 bits per heavy atom. The van der Waals surface area contributed by atoms with Crippen LogP contribution in [0.2, 0.25) is 0 Å². The van der Waals surface area contributed by atoms with Crippen molar-refractivity contribution in [2.75, 3.05) is 5.73 Å². The van der Waals surface area contributed by atoms with Crippen molar-refractivity contribution >= 4 is 5.95 Å². The Bertz CT molecular complexity index is 1440. The van der Waals surface area contributed by atoms with Crippen molar-refractivity contribution in [2.45, 2.75) is 19.6 Å². The van der Waals surface area contributed by atoms with Crippen molar-refractivity contribution in [1.29, 1.82) is 0 Å². The summed E-state index contributed by atoms with van der Waals surface area (Å²) in [5, 5.41) is 0.